The lowest BCUT2D eigenvalue weighted by Gasteiger charge is -1.90. The van der Waals surface area contributed by atoms with Gasteiger partial charge in [-0.2, -0.15) is 5.10 Å². The number of Topliss-reactive ketones (excluding diaryl/α,β-unsaturated/α-hetero) is 1. The van der Waals surface area contributed by atoms with Crippen molar-refractivity contribution in [1.29, 1.82) is 0 Å². The van der Waals surface area contributed by atoms with E-state index in [2.05, 4.69) is 20.2 Å². The van der Waals surface area contributed by atoms with Crippen LogP contribution in [0.25, 0.3) is 11.2 Å². The molecule has 0 amide bonds. The predicted octanol–water partition coefficient (Wildman–Crippen LogP) is 0.874. The normalized spacial score (nSPS) is 10.6. The first-order chi connectivity index (χ1) is 6.75. The molecule has 2 heterocycles. The number of aryl methyl sites for hydroxylation is 1. The van der Waals surface area contributed by atoms with E-state index in [-0.39, 0.29) is 5.78 Å². The van der Waals surface area contributed by atoms with Gasteiger partial charge in [-0.1, -0.05) is 0 Å². The number of fused-ring (bicyclic) bond motifs is 1. The summed E-state index contributed by atoms with van der Waals surface area (Å²) in [6.45, 7) is 1.57. The second kappa shape index (κ2) is 3.53. The highest BCUT2D eigenvalue weighted by molar-refractivity contribution is 5.76. The van der Waals surface area contributed by atoms with Crippen LogP contribution in [0.3, 0.4) is 0 Å². The fourth-order valence-corrected chi connectivity index (χ4v) is 1.23. The molecule has 14 heavy (non-hydrogen) atoms. The maximum absolute atomic E-state index is 10.8. The van der Waals surface area contributed by atoms with Crippen LogP contribution in [-0.4, -0.2) is 25.9 Å². The monoisotopic (exact) mass is 190 g/mol. The average molecular weight is 190 g/mol. The molecule has 0 saturated carbocycles. The summed E-state index contributed by atoms with van der Waals surface area (Å²) in [6, 6.07) is 1.81. The van der Waals surface area contributed by atoms with Gasteiger partial charge in [0.1, 0.15) is 11.6 Å². The molecule has 0 aliphatic heterocycles. The third kappa shape index (κ3) is 1.76. The van der Waals surface area contributed by atoms with E-state index in [9.17, 15) is 4.79 Å². The van der Waals surface area contributed by atoms with Gasteiger partial charge >= 0.3 is 0 Å². The van der Waals surface area contributed by atoms with Crippen LogP contribution in [0.2, 0.25) is 0 Å². The molecule has 0 saturated heterocycles. The smallest absolute Gasteiger partial charge is 0.199 e. The van der Waals surface area contributed by atoms with Crippen molar-refractivity contribution < 1.29 is 4.79 Å². The molecule has 0 unspecified atom stereocenters. The second-order valence-electron chi connectivity index (χ2n) is 3.15. The van der Waals surface area contributed by atoms with Crippen LogP contribution < -0.4 is 0 Å². The fraction of sp³-hybridized carbons (Fsp3) is 0.333. The fourth-order valence-electron chi connectivity index (χ4n) is 1.23. The van der Waals surface area contributed by atoms with Crippen molar-refractivity contribution in [3.05, 3.63) is 18.1 Å². The first-order valence-electron chi connectivity index (χ1n) is 4.41. The topological polar surface area (TPSA) is 71.5 Å². The molecule has 2 aromatic rings. The standard InChI is InChI=1S/C9H10N4O/c1-6(14)2-3-8-11-7-4-5-10-13-9(7)12-8/h4-5H,2-3H2,1H3,(H,11,12,13). The van der Waals surface area contributed by atoms with Crippen LogP contribution >= 0.6 is 0 Å². The number of H-pyrrole nitrogens is 1. The molecule has 2 aromatic heterocycles. The first-order valence-corrected chi connectivity index (χ1v) is 4.41. The first kappa shape index (κ1) is 8.80. The Bertz CT molecular complexity index is 430. The van der Waals surface area contributed by atoms with Crippen LogP contribution in [-0.2, 0) is 11.2 Å². The van der Waals surface area contributed by atoms with Gasteiger partial charge in [0.25, 0.3) is 0 Å². The van der Waals surface area contributed by atoms with E-state index < -0.39 is 0 Å². The summed E-state index contributed by atoms with van der Waals surface area (Å²) < 4.78 is 0. The summed E-state index contributed by atoms with van der Waals surface area (Å²) >= 11 is 0. The Morgan fingerprint density at radius 3 is 3.14 bits per heavy atom. The van der Waals surface area contributed by atoms with Gasteiger partial charge in [0.2, 0.25) is 0 Å². The van der Waals surface area contributed by atoms with Crippen LogP contribution in [0.5, 0.6) is 0 Å². The van der Waals surface area contributed by atoms with Crippen molar-refractivity contribution in [1.82, 2.24) is 20.2 Å². The number of imidazole rings is 1. The molecule has 2 rings (SSSR count). The molecule has 0 radical (unpaired) electrons. The maximum atomic E-state index is 10.8. The van der Waals surface area contributed by atoms with Crippen molar-refractivity contribution in [2.24, 2.45) is 0 Å². The Balaban J connectivity index is 2.22. The van der Waals surface area contributed by atoms with Gasteiger partial charge in [-0.25, -0.2) is 4.98 Å². The van der Waals surface area contributed by atoms with Crippen molar-refractivity contribution in [2.45, 2.75) is 19.8 Å². The average Bonchev–Trinajstić information content (AvgIpc) is 2.57. The van der Waals surface area contributed by atoms with E-state index in [1.54, 1.807) is 13.1 Å². The Kier molecular flexibility index (Phi) is 2.22. The van der Waals surface area contributed by atoms with Gasteiger partial charge in [0.15, 0.2) is 5.65 Å². The lowest BCUT2D eigenvalue weighted by molar-refractivity contribution is -0.117. The summed E-state index contributed by atoms with van der Waals surface area (Å²) in [4.78, 5) is 18.1. The molecule has 72 valence electrons. The summed E-state index contributed by atoms with van der Waals surface area (Å²) in [7, 11) is 0. The molecule has 5 nitrogen and oxygen atoms in total. The molecule has 0 aromatic carbocycles. The zero-order valence-corrected chi connectivity index (χ0v) is 7.82. The van der Waals surface area contributed by atoms with Crippen LogP contribution in [0, 0.1) is 0 Å². The summed E-state index contributed by atoms with van der Waals surface area (Å²) in [5.41, 5.74) is 1.46. The van der Waals surface area contributed by atoms with Crippen molar-refractivity contribution in [3.63, 3.8) is 0 Å². The minimum atomic E-state index is 0.163. The number of carbonyl (C=O) groups excluding carboxylic acids is 1. The summed E-state index contributed by atoms with van der Waals surface area (Å²) in [5.74, 6) is 0.951. The highest BCUT2D eigenvalue weighted by Gasteiger charge is 2.04. The van der Waals surface area contributed by atoms with Crippen LogP contribution in [0.1, 0.15) is 19.2 Å². The molecule has 0 atom stereocenters. The molecule has 0 aliphatic carbocycles. The minimum Gasteiger partial charge on any atom is -0.340 e. The van der Waals surface area contributed by atoms with Crippen molar-refractivity contribution in [2.75, 3.05) is 0 Å². The number of carbonyl (C=O) groups is 1. The SMILES string of the molecule is CC(=O)CCc1nc2nnccc2[nH]1. The Labute approximate surface area is 80.6 Å². The van der Waals surface area contributed by atoms with Gasteiger partial charge in [0.05, 0.1) is 11.7 Å². The number of nitrogens with zero attached hydrogens (tertiary/aromatic N) is 3. The van der Waals surface area contributed by atoms with Crippen LogP contribution in [0.4, 0.5) is 0 Å². The number of ketones is 1. The quantitative estimate of drug-likeness (QED) is 0.779. The molecule has 0 spiro atoms. The van der Waals surface area contributed by atoms with E-state index in [4.69, 9.17) is 0 Å². The largest absolute Gasteiger partial charge is 0.340 e. The van der Waals surface area contributed by atoms with E-state index in [0.29, 0.717) is 18.5 Å². The van der Waals surface area contributed by atoms with Gasteiger partial charge < -0.3 is 9.78 Å². The summed E-state index contributed by atoms with van der Waals surface area (Å²) in [5, 5.41) is 7.57. The van der Waals surface area contributed by atoms with E-state index in [1.165, 1.54) is 0 Å². The lowest BCUT2D eigenvalue weighted by Crippen LogP contribution is -1.95. The number of rotatable bonds is 3. The Hall–Kier alpha value is -1.78. The molecular formula is C9H10N4O. The van der Waals surface area contributed by atoms with E-state index in [1.807, 2.05) is 6.07 Å². The molecule has 5 heteroatoms. The zero-order chi connectivity index (χ0) is 9.97. The Morgan fingerprint density at radius 2 is 2.43 bits per heavy atom. The maximum Gasteiger partial charge on any atom is 0.199 e. The highest BCUT2D eigenvalue weighted by Crippen LogP contribution is 2.07. The number of nitrogens with one attached hydrogen (secondary N) is 1. The number of hydrogen-bond donors (Lipinski definition) is 1. The van der Waals surface area contributed by atoms with Gasteiger partial charge in [-0.15, -0.1) is 5.10 Å². The number of aromatic amines is 1. The molecule has 0 fully saturated rings. The van der Waals surface area contributed by atoms with Crippen molar-refractivity contribution >= 4 is 16.9 Å². The van der Waals surface area contributed by atoms with E-state index >= 15 is 0 Å². The highest BCUT2D eigenvalue weighted by atomic mass is 16.1. The van der Waals surface area contributed by atoms with Crippen molar-refractivity contribution in [3.8, 4) is 0 Å². The number of aromatic nitrogens is 4. The van der Waals surface area contributed by atoms with Crippen LogP contribution in [0.15, 0.2) is 12.3 Å². The lowest BCUT2D eigenvalue weighted by atomic mass is 10.2. The van der Waals surface area contributed by atoms with E-state index in [0.717, 1.165) is 11.3 Å². The summed E-state index contributed by atoms with van der Waals surface area (Å²) in [6.07, 6.45) is 2.74. The predicted molar refractivity (Wildman–Crippen MR) is 50.7 cm³/mol. The van der Waals surface area contributed by atoms with Gasteiger partial charge in [-0.3, -0.25) is 0 Å². The molecule has 0 bridgehead atoms. The Morgan fingerprint density at radius 1 is 1.57 bits per heavy atom. The molecule has 1 N–H and O–H groups in total. The van der Waals surface area contributed by atoms with Gasteiger partial charge in [0, 0.05) is 12.8 Å². The molecular weight excluding hydrogens is 180 g/mol. The third-order valence-corrected chi connectivity index (χ3v) is 1.93. The van der Waals surface area contributed by atoms with Gasteiger partial charge in [-0.05, 0) is 13.0 Å². The zero-order valence-electron chi connectivity index (χ0n) is 7.82. The third-order valence-electron chi connectivity index (χ3n) is 1.93. The minimum absolute atomic E-state index is 0.163. The second-order valence-corrected chi connectivity index (χ2v) is 3.15. The molecule has 0 aliphatic rings. The number of hydrogen-bond acceptors (Lipinski definition) is 4.